The third kappa shape index (κ3) is 2.03. The first-order chi connectivity index (χ1) is 7.24. The number of hydrogen-bond donors (Lipinski definition) is 0. The molecule has 0 aliphatic heterocycles. The Balaban J connectivity index is 2.33. The molecule has 3 nitrogen and oxygen atoms in total. The van der Waals surface area contributed by atoms with Gasteiger partial charge in [0.05, 0.1) is 17.6 Å². The Morgan fingerprint density at radius 1 is 1.40 bits per heavy atom. The van der Waals surface area contributed by atoms with Crippen molar-refractivity contribution < 1.29 is 0 Å². The minimum Gasteiger partial charge on any atom is -0.246 e. The quantitative estimate of drug-likeness (QED) is 0.743. The summed E-state index contributed by atoms with van der Waals surface area (Å²) < 4.78 is 2.12. The SMILES string of the molecule is CC(C)c1c(CCl)nnn1C1CCCC1. The van der Waals surface area contributed by atoms with Crippen LogP contribution in [0.2, 0.25) is 0 Å². The van der Waals surface area contributed by atoms with Crippen LogP contribution in [0, 0.1) is 0 Å². The molecular formula is C11H18ClN3. The molecule has 1 heterocycles. The van der Waals surface area contributed by atoms with Crippen LogP contribution in [0.25, 0.3) is 0 Å². The largest absolute Gasteiger partial charge is 0.246 e. The summed E-state index contributed by atoms with van der Waals surface area (Å²) in [5.41, 5.74) is 2.19. The standard InChI is InChI=1S/C11H18ClN3/c1-8(2)11-10(7-12)13-14-15(11)9-5-3-4-6-9/h8-9H,3-7H2,1-2H3. The van der Waals surface area contributed by atoms with Gasteiger partial charge in [-0.2, -0.15) is 0 Å². The molecule has 2 rings (SSSR count). The molecule has 0 N–H and O–H groups in total. The van der Waals surface area contributed by atoms with Gasteiger partial charge >= 0.3 is 0 Å². The number of alkyl halides is 1. The van der Waals surface area contributed by atoms with Crippen LogP contribution in [-0.4, -0.2) is 15.0 Å². The van der Waals surface area contributed by atoms with Crippen LogP contribution >= 0.6 is 11.6 Å². The Morgan fingerprint density at radius 3 is 2.60 bits per heavy atom. The molecule has 0 saturated heterocycles. The molecule has 0 radical (unpaired) electrons. The van der Waals surface area contributed by atoms with E-state index in [4.69, 9.17) is 11.6 Å². The monoisotopic (exact) mass is 227 g/mol. The predicted molar refractivity (Wildman–Crippen MR) is 61.2 cm³/mol. The van der Waals surface area contributed by atoms with Crippen LogP contribution in [0.5, 0.6) is 0 Å². The lowest BCUT2D eigenvalue weighted by molar-refractivity contribution is 0.431. The smallest absolute Gasteiger partial charge is 0.101 e. The molecule has 0 amide bonds. The van der Waals surface area contributed by atoms with Crippen molar-refractivity contribution in [2.75, 3.05) is 0 Å². The highest BCUT2D eigenvalue weighted by Crippen LogP contribution is 2.32. The second kappa shape index (κ2) is 4.52. The molecule has 84 valence electrons. The highest BCUT2D eigenvalue weighted by atomic mass is 35.5. The zero-order valence-corrected chi connectivity index (χ0v) is 10.2. The lowest BCUT2D eigenvalue weighted by Gasteiger charge is -2.15. The summed E-state index contributed by atoms with van der Waals surface area (Å²) in [6, 6.07) is 0.562. The fourth-order valence-corrected chi connectivity index (χ4v) is 2.64. The molecule has 0 bridgehead atoms. The van der Waals surface area contributed by atoms with Crippen molar-refractivity contribution in [3.8, 4) is 0 Å². The van der Waals surface area contributed by atoms with Gasteiger partial charge < -0.3 is 0 Å². The van der Waals surface area contributed by atoms with E-state index in [1.807, 2.05) is 0 Å². The maximum absolute atomic E-state index is 5.88. The first-order valence-electron chi connectivity index (χ1n) is 5.74. The maximum atomic E-state index is 5.88. The second-order valence-electron chi connectivity index (χ2n) is 4.59. The summed E-state index contributed by atoms with van der Waals surface area (Å²) in [5, 5.41) is 8.45. The first-order valence-corrected chi connectivity index (χ1v) is 6.27. The van der Waals surface area contributed by atoms with Crippen molar-refractivity contribution in [2.45, 2.75) is 57.4 Å². The summed E-state index contributed by atoms with van der Waals surface area (Å²) in [7, 11) is 0. The third-order valence-electron chi connectivity index (χ3n) is 3.15. The first kappa shape index (κ1) is 10.9. The van der Waals surface area contributed by atoms with Crippen molar-refractivity contribution in [3.05, 3.63) is 11.4 Å². The van der Waals surface area contributed by atoms with Crippen LogP contribution in [0.1, 0.15) is 62.9 Å². The Morgan fingerprint density at radius 2 is 2.07 bits per heavy atom. The molecule has 15 heavy (non-hydrogen) atoms. The molecule has 1 fully saturated rings. The molecule has 1 aliphatic carbocycles. The summed E-state index contributed by atoms with van der Waals surface area (Å²) in [6.45, 7) is 4.36. The fourth-order valence-electron chi connectivity index (χ4n) is 2.45. The lowest BCUT2D eigenvalue weighted by Crippen LogP contribution is -2.12. The van der Waals surface area contributed by atoms with Crippen molar-refractivity contribution >= 4 is 11.6 Å². The van der Waals surface area contributed by atoms with Crippen LogP contribution in [0.4, 0.5) is 0 Å². The van der Waals surface area contributed by atoms with Gasteiger partial charge in [-0.3, -0.25) is 0 Å². The van der Waals surface area contributed by atoms with Gasteiger partial charge in [0.2, 0.25) is 0 Å². The summed E-state index contributed by atoms with van der Waals surface area (Å²) >= 11 is 5.88. The van der Waals surface area contributed by atoms with Crippen LogP contribution in [-0.2, 0) is 5.88 Å². The third-order valence-corrected chi connectivity index (χ3v) is 3.40. The number of nitrogens with zero attached hydrogens (tertiary/aromatic N) is 3. The molecule has 0 aromatic carbocycles. The second-order valence-corrected chi connectivity index (χ2v) is 4.86. The number of hydrogen-bond acceptors (Lipinski definition) is 2. The van der Waals surface area contributed by atoms with E-state index in [2.05, 4.69) is 28.8 Å². The molecule has 1 aromatic rings. The van der Waals surface area contributed by atoms with Gasteiger partial charge in [-0.25, -0.2) is 4.68 Å². The maximum Gasteiger partial charge on any atom is 0.101 e. The van der Waals surface area contributed by atoms with E-state index < -0.39 is 0 Å². The van der Waals surface area contributed by atoms with Crippen LogP contribution in [0.15, 0.2) is 0 Å². The van der Waals surface area contributed by atoms with Gasteiger partial charge in [0.1, 0.15) is 5.69 Å². The van der Waals surface area contributed by atoms with Gasteiger partial charge in [-0.05, 0) is 18.8 Å². The van der Waals surface area contributed by atoms with E-state index >= 15 is 0 Å². The lowest BCUT2D eigenvalue weighted by atomic mass is 10.1. The molecule has 1 aliphatic rings. The average molecular weight is 228 g/mol. The van der Waals surface area contributed by atoms with Gasteiger partial charge in [-0.15, -0.1) is 16.7 Å². The van der Waals surface area contributed by atoms with Gasteiger partial charge in [0, 0.05) is 0 Å². The van der Waals surface area contributed by atoms with E-state index in [1.165, 1.54) is 31.4 Å². The van der Waals surface area contributed by atoms with Crippen molar-refractivity contribution in [1.29, 1.82) is 0 Å². The van der Waals surface area contributed by atoms with Crippen molar-refractivity contribution in [3.63, 3.8) is 0 Å². The molecule has 4 heteroatoms. The molecular weight excluding hydrogens is 210 g/mol. The van der Waals surface area contributed by atoms with E-state index in [-0.39, 0.29) is 0 Å². The molecule has 1 saturated carbocycles. The van der Waals surface area contributed by atoms with Crippen molar-refractivity contribution in [1.82, 2.24) is 15.0 Å². The van der Waals surface area contributed by atoms with Gasteiger partial charge in [0.25, 0.3) is 0 Å². The highest BCUT2D eigenvalue weighted by Gasteiger charge is 2.24. The zero-order chi connectivity index (χ0) is 10.8. The van der Waals surface area contributed by atoms with E-state index in [9.17, 15) is 0 Å². The Kier molecular flexibility index (Phi) is 3.29. The van der Waals surface area contributed by atoms with E-state index in [0.29, 0.717) is 17.8 Å². The molecule has 0 spiro atoms. The minimum atomic E-state index is 0.453. The molecule has 0 unspecified atom stereocenters. The predicted octanol–water partition coefficient (Wildman–Crippen LogP) is 3.26. The highest BCUT2D eigenvalue weighted by molar-refractivity contribution is 6.16. The Labute approximate surface area is 95.8 Å². The fraction of sp³-hybridized carbons (Fsp3) is 0.818. The summed E-state index contributed by atoms with van der Waals surface area (Å²) in [5.74, 6) is 0.926. The molecule has 0 atom stereocenters. The zero-order valence-electron chi connectivity index (χ0n) is 9.41. The number of rotatable bonds is 3. The van der Waals surface area contributed by atoms with E-state index in [0.717, 1.165) is 5.69 Å². The average Bonchev–Trinajstić information content (AvgIpc) is 2.85. The topological polar surface area (TPSA) is 30.7 Å². The minimum absolute atomic E-state index is 0.453. The normalized spacial score (nSPS) is 17.9. The summed E-state index contributed by atoms with van der Waals surface area (Å²) in [4.78, 5) is 0. The van der Waals surface area contributed by atoms with Crippen LogP contribution < -0.4 is 0 Å². The van der Waals surface area contributed by atoms with Crippen LogP contribution in [0.3, 0.4) is 0 Å². The van der Waals surface area contributed by atoms with Gasteiger partial charge in [-0.1, -0.05) is 31.9 Å². The molecule has 1 aromatic heterocycles. The summed E-state index contributed by atoms with van der Waals surface area (Å²) in [6.07, 6.45) is 5.12. The van der Waals surface area contributed by atoms with Gasteiger partial charge in [0.15, 0.2) is 0 Å². The Bertz CT molecular complexity index is 327. The Hall–Kier alpha value is -0.570. The number of aromatic nitrogens is 3. The van der Waals surface area contributed by atoms with E-state index in [1.54, 1.807) is 0 Å². The number of halogens is 1. The van der Waals surface area contributed by atoms with Crippen molar-refractivity contribution in [2.24, 2.45) is 0 Å².